The summed E-state index contributed by atoms with van der Waals surface area (Å²) in [7, 11) is 0. The van der Waals surface area contributed by atoms with Crippen molar-refractivity contribution in [3.05, 3.63) is 125 Å². The normalized spacial score (nSPS) is 10.5. The van der Waals surface area contributed by atoms with Gasteiger partial charge >= 0.3 is 0 Å². The molecule has 0 aliphatic heterocycles. The summed E-state index contributed by atoms with van der Waals surface area (Å²) in [6.07, 6.45) is 0. The summed E-state index contributed by atoms with van der Waals surface area (Å²) < 4.78 is 5.83. The van der Waals surface area contributed by atoms with E-state index in [0.29, 0.717) is 22.9 Å². The topological polar surface area (TPSA) is 38.3 Å². The Kier molecular flexibility index (Phi) is 7.49. The number of hydrogen-bond donors (Lipinski definition) is 1. The number of amides is 1. The molecule has 0 bridgehead atoms. The zero-order valence-electron chi connectivity index (χ0n) is 17.3. The van der Waals surface area contributed by atoms with Crippen LogP contribution in [0.25, 0.3) is 0 Å². The van der Waals surface area contributed by atoms with Crippen molar-refractivity contribution < 1.29 is 9.53 Å². The maximum Gasteiger partial charge on any atom is 0.255 e. The van der Waals surface area contributed by atoms with Crippen molar-refractivity contribution in [3.63, 3.8) is 0 Å². The highest BCUT2D eigenvalue weighted by atomic mass is 35.5. The van der Waals surface area contributed by atoms with Gasteiger partial charge in [-0.25, -0.2) is 0 Å². The van der Waals surface area contributed by atoms with Crippen molar-refractivity contribution in [2.45, 2.75) is 17.3 Å². The molecule has 1 N–H and O–H groups in total. The van der Waals surface area contributed by atoms with E-state index in [-0.39, 0.29) is 5.91 Å². The second kappa shape index (κ2) is 10.9. The summed E-state index contributed by atoms with van der Waals surface area (Å²) in [5.41, 5.74) is 3.39. The standard InChI is InChI=1S/C27H22ClNO2S/c28-26-12-5-4-7-22(26)18-31-24-9-6-8-21(17-24)27(30)29-23-15-13-20(14-16-23)19-32-25-10-2-1-3-11-25/h1-17H,18-19H2,(H,29,30). The van der Waals surface area contributed by atoms with E-state index in [0.717, 1.165) is 17.0 Å². The number of anilines is 1. The molecule has 0 aliphatic carbocycles. The average Bonchev–Trinajstić information content (AvgIpc) is 2.84. The molecule has 0 aromatic heterocycles. The van der Waals surface area contributed by atoms with E-state index >= 15 is 0 Å². The van der Waals surface area contributed by atoms with Crippen molar-refractivity contribution in [2.75, 3.05) is 5.32 Å². The van der Waals surface area contributed by atoms with Crippen LogP contribution in [0.4, 0.5) is 5.69 Å². The van der Waals surface area contributed by atoms with E-state index in [9.17, 15) is 4.79 Å². The van der Waals surface area contributed by atoms with Crippen molar-refractivity contribution in [1.29, 1.82) is 0 Å². The van der Waals surface area contributed by atoms with E-state index in [4.69, 9.17) is 16.3 Å². The third-order valence-corrected chi connectivity index (χ3v) is 6.26. The summed E-state index contributed by atoms with van der Waals surface area (Å²) in [6, 6.07) is 32.9. The van der Waals surface area contributed by atoms with Crippen LogP contribution in [0.3, 0.4) is 0 Å². The minimum Gasteiger partial charge on any atom is -0.489 e. The molecule has 4 aromatic carbocycles. The van der Waals surface area contributed by atoms with Crippen LogP contribution in [0.5, 0.6) is 5.75 Å². The minimum atomic E-state index is -0.181. The second-order valence-electron chi connectivity index (χ2n) is 7.16. The first kappa shape index (κ1) is 22.0. The Morgan fingerprint density at radius 2 is 1.59 bits per heavy atom. The predicted molar refractivity (Wildman–Crippen MR) is 133 cm³/mol. The van der Waals surface area contributed by atoms with Crippen LogP contribution in [-0.4, -0.2) is 5.91 Å². The van der Waals surface area contributed by atoms with Gasteiger partial charge in [0.05, 0.1) is 0 Å². The lowest BCUT2D eigenvalue weighted by Crippen LogP contribution is -2.12. The molecule has 1 amide bonds. The van der Waals surface area contributed by atoms with Gasteiger partial charge in [-0.05, 0) is 54.1 Å². The number of nitrogens with one attached hydrogen (secondary N) is 1. The molecule has 0 spiro atoms. The highest BCUT2D eigenvalue weighted by Gasteiger charge is 2.08. The van der Waals surface area contributed by atoms with Gasteiger partial charge in [-0.2, -0.15) is 0 Å². The number of hydrogen-bond acceptors (Lipinski definition) is 3. The first-order valence-electron chi connectivity index (χ1n) is 10.2. The predicted octanol–water partition coefficient (Wildman–Crippen LogP) is 7.46. The van der Waals surface area contributed by atoms with Gasteiger partial charge in [0.1, 0.15) is 12.4 Å². The molecule has 32 heavy (non-hydrogen) atoms. The van der Waals surface area contributed by atoms with Crippen molar-refractivity contribution >= 4 is 35.0 Å². The summed E-state index contributed by atoms with van der Waals surface area (Å²) >= 11 is 7.97. The van der Waals surface area contributed by atoms with Gasteiger partial charge in [0, 0.05) is 32.5 Å². The minimum absolute atomic E-state index is 0.181. The molecule has 0 saturated heterocycles. The molecule has 0 atom stereocenters. The number of carbonyl (C=O) groups excluding carboxylic acids is 1. The van der Waals surface area contributed by atoms with E-state index in [2.05, 4.69) is 17.4 Å². The third-order valence-electron chi connectivity index (χ3n) is 4.81. The van der Waals surface area contributed by atoms with Gasteiger partial charge in [0.2, 0.25) is 0 Å². The fraction of sp³-hybridized carbons (Fsp3) is 0.0741. The number of halogens is 1. The van der Waals surface area contributed by atoms with Gasteiger partial charge in [0.15, 0.2) is 0 Å². The van der Waals surface area contributed by atoms with E-state index < -0.39 is 0 Å². The Morgan fingerprint density at radius 3 is 2.38 bits per heavy atom. The smallest absolute Gasteiger partial charge is 0.255 e. The van der Waals surface area contributed by atoms with Gasteiger partial charge in [0.25, 0.3) is 5.91 Å². The number of ether oxygens (including phenoxy) is 1. The lowest BCUT2D eigenvalue weighted by atomic mass is 10.2. The molecule has 160 valence electrons. The molecular weight excluding hydrogens is 438 g/mol. The molecule has 4 rings (SSSR count). The van der Waals surface area contributed by atoms with Gasteiger partial charge < -0.3 is 10.1 Å². The molecule has 0 unspecified atom stereocenters. The molecule has 3 nitrogen and oxygen atoms in total. The lowest BCUT2D eigenvalue weighted by Gasteiger charge is -2.10. The third kappa shape index (κ3) is 6.16. The first-order chi connectivity index (χ1) is 15.7. The fourth-order valence-corrected chi connectivity index (χ4v) is 4.14. The van der Waals surface area contributed by atoms with E-state index in [1.165, 1.54) is 10.5 Å². The Balaban J connectivity index is 1.33. The SMILES string of the molecule is O=C(Nc1ccc(CSc2ccccc2)cc1)c1cccc(OCc2ccccc2Cl)c1. The molecule has 0 heterocycles. The van der Waals surface area contributed by atoms with Crippen molar-refractivity contribution in [3.8, 4) is 5.75 Å². The van der Waals surface area contributed by atoms with Crippen LogP contribution in [0.1, 0.15) is 21.5 Å². The van der Waals surface area contributed by atoms with E-state index in [1.807, 2.05) is 72.8 Å². The van der Waals surface area contributed by atoms with Crippen LogP contribution in [0.15, 0.2) is 108 Å². The summed E-state index contributed by atoms with van der Waals surface area (Å²) in [4.78, 5) is 13.9. The van der Waals surface area contributed by atoms with Crippen LogP contribution >= 0.6 is 23.4 Å². The van der Waals surface area contributed by atoms with Crippen LogP contribution < -0.4 is 10.1 Å². The summed E-state index contributed by atoms with van der Waals surface area (Å²) in [5.74, 6) is 1.31. The molecule has 0 radical (unpaired) electrons. The molecule has 5 heteroatoms. The summed E-state index contributed by atoms with van der Waals surface area (Å²) in [6.45, 7) is 0.340. The molecule has 0 fully saturated rings. The zero-order valence-corrected chi connectivity index (χ0v) is 18.9. The van der Waals surface area contributed by atoms with Crippen LogP contribution in [0.2, 0.25) is 5.02 Å². The number of carbonyl (C=O) groups is 1. The van der Waals surface area contributed by atoms with Crippen molar-refractivity contribution in [1.82, 2.24) is 0 Å². The van der Waals surface area contributed by atoms with Gasteiger partial charge in [-0.15, -0.1) is 11.8 Å². The van der Waals surface area contributed by atoms with E-state index in [1.54, 1.807) is 30.0 Å². The molecule has 0 saturated carbocycles. The first-order valence-corrected chi connectivity index (χ1v) is 11.6. The maximum absolute atomic E-state index is 12.7. The molecular formula is C27H22ClNO2S. The van der Waals surface area contributed by atoms with Crippen molar-refractivity contribution in [2.24, 2.45) is 0 Å². The molecule has 4 aromatic rings. The number of thioether (sulfide) groups is 1. The maximum atomic E-state index is 12.7. The van der Waals surface area contributed by atoms with Crippen LogP contribution in [-0.2, 0) is 12.4 Å². The monoisotopic (exact) mass is 459 g/mol. The second-order valence-corrected chi connectivity index (χ2v) is 8.62. The highest BCUT2D eigenvalue weighted by molar-refractivity contribution is 7.98. The quantitative estimate of drug-likeness (QED) is 0.278. The Morgan fingerprint density at radius 1 is 0.844 bits per heavy atom. The van der Waals surface area contributed by atoms with Crippen LogP contribution in [0, 0.1) is 0 Å². The zero-order chi connectivity index (χ0) is 22.2. The summed E-state index contributed by atoms with van der Waals surface area (Å²) in [5, 5.41) is 3.61. The fourth-order valence-electron chi connectivity index (χ4n) is 3.07. The Hall–Kier alpha value is -3.21. The Bertz CT molecular complexity index is 1180. The number of rotatable bonds is 8. The Labute approximate surface area is 197 Å². The van der Waals surface area contributed by atoms with Gasteiger partial charge in [-0.3, -0.25) is 4.79 Å². The average molecular weight is 460 g/mol. The largest absolute Gasteiger partial charge is 0.489 e. The molecule has 0 aliphatic rings. The highest BCUT2D eigenvalue weighted by Crippen LogP contribution is 2.24. The number of benzene rings is 4. The lowest BCUT2D eigenvalue weighted by molar-refractivity contribution is 0.102. The van der Waals surface area contributed by atoms with Gasteiger partial charge in [-0.1, -0.05) is 66.2 Å².